The number of ether oxygens (including phenoxy) is 1. The maximum absolute atomic E-state index is 5.99. The van der Waals surface area contributed by atoms with Gasteiger partial charge in [0, 0.05) is 6.54 Å². The SMILES string of the molecule is Nc1ncnc2c1ncn2CC1=C(COCc2ccccc2)CCCC1. The zero-order valence-electron chi connectivity index (χ0n) is 14.8. The molecular weight excluding hydrogens is 326 g/mol. The average Bonchev–Trinajstić information content (AvgIpc) is 3.08. The number of aromatic nitrogens is 4. The van der Waals surface area contributed by atoms with E-state index in [1.54, 1.807) is 6.33 Å². The molecule has 6 heteroatoms. The first-order valence-electron chi connectivity index (χ1n) is 9.04. The Balaban J connectivity index is 1.49. The van der Waals surface area contributed by atoms with Crippen molar-refractivity contribution < 1.29 is 4.74 Å². The van der Waals surface area contributed by atoms with Crippen LogP contribution in [0.4, 0.5) is 5.82 Å². The van der Waals surface area contributed by atoms with E-state index < -0.39 is 0 Å². The van der Waals surface area contributed by atoms with E-state index in [1.807, 2.05) is 18.2 Å². The van der Waals surface area contributed by atoms with E-state index in [9.17, 15) is 0 Å². The molecule has 26 heavy (non-hydrogen) atoms. The summed E-state index contributed by atoms with van der Waals surface area (Å²) in [5.74, 6) is 0.429. The van der Waals surface area contributed by atoms with Gasteiger partial charge in [0.1, 0.15) is 11.8 Å². The van der Waals surface area contributed by atoms with Gasteiger partial charge in [0.15, 0.2) is 11.5 Å². The van der Waals surface area contributed by atoms with Crippen LogP contribution in [-0.4, -0.2) is 26.1 Å². The summed E-state index contributed by atoms with van der Waals surface area (Å²) < 4.78 is 8.05. The van der Waals surface area contributed by atoms with Gasteiger partial charge in [-0.25, -0.2) is 15.0 Å². The minimum atomic E-state index is 0.429. The molecule has 0 aliphatic heterocycles. The Morgan fingerprint density at radius 3 is 2.62 bits per heavy atom. The van der Waals surface area contributed by atoms with Gasteiger partial charge in [0.05, 0.1) is 19.5 Å². The van der Waals surface area contributed by atoms with E-state index >= 15 is 0 Å². The lowest BCUT2D eigenvalue weighted by molar-refractivity contribution is 0.138. The number of rotatable bonds is 6. The van der Waals surface area contributed by atoms with Crippen molar-refractivity contribution in [1.29, 1.82) is 0 Å². The van der Waals surface area contributed by atoms with Crippen LogP contribution in [0.5, 0.6) is 0 Å². The fourth-order valence-corrected chi connectivity index (χ4v) is 3.48. The Bertz CT molecular complexity index is 916. The van der Waals surface area contributed by atoms with Crippen LogP contribution in [0.25, 0.3) is 11.2 Å². The summed E-state index contributed by atoms with van der Waals surface area (Å²) in [4.78, 5) is 12.7. The second-order valence-corrected chi connectivity index (χ2v) is 6.70. The average molecular weight is 349 g/mol. The van der Waals surface area contributed by atoms with Gasteiger partial charge in [0.2, 0.25) is 0 Å². The van der Waals surface area contributed by atoms with E-state index in [0.29, 0.717) is 24.5 Å². The van der Waals surface area contributed by atoms with Crippen molar-refractivity contribution in [1.82, 2.24) is 19.5 Å². The highest BCUT2D eigenvalue weighted by Gasteiger charge is 2.15. The summed E-state index contributed by atoms with van der Waals surface area (Å²) in [5, 5.41) is 0. The van der Waals surface area contributed by atoms with E-state index in [-0.39, 0.29) is 0 Å². The molecule has 2 aromatic heterocycles. The molecule has 6 nitrogen and oxygen atoms in total. The molecule has 0 saturated carbocycles. The van der Waals surface area contributed by atoms with Crippen LogP contribution in [0, 0.1) is 0 Å². The molecule has 1 aromatic carbocycles. The van der Waals surface area contributed by atoms with Crippen LogP contribution < -0.4 is 5.73 Å². The molecule has 0 radical (unpaired) electrons. The van der Waals surface area contributed by atoms with Crippen LogP contribution in [-0.2, 0) is 17.9 Å². The Morgan fingerprint density at radius 2 is 1.77 bits per heavy atom. The predicted octanol–water partition coefficient (Wildman–Crippen LogP) is 3.50. The number of nitrogens with two attached hydrogens (primary N) is 1. The van der Waals surface area contributed by atoms with Gasteiger partial charge in [-0.15, -0.1) is 0 Å². The summed E-state index contributed by atoms with van der Waals surface area (Å²) in [6, 6.07) is 10.3. The van der Waals surface area contributed by atoms with Gasteiger partial charge in [-0.2, -0.15) is 0 Å². The van der Waals surface area contributed by atoms with Crippen molar-refractivity contribution >= 4 is 17.0 Å². The molecule has 0 saturated heterocycles. The Labute approximate surface area is 152 Å². The third kappa shape index (κ3) is 3.60. The molecule has 1 aliphatic carbocycles. The molecule has 1 aliphatic rings. The Morgan fingerprint density at radius 1 is 0.962 bits per heavy atom. The summed E-state index contributed by atoms with van der Waals surface area (Å²) in [5.41, 5.74) is 11.4. The first kappa shape index (κ1) is 16.7. The molecule has 0 atom stereocenters. The third-order valence-electron chi connectivity index (χ3n) is 4.89. The highest BCUT2D eigenvalue weighted by atomic mass is 16.5. The van der Waals surface area contributed by atoms with Gasteiger partial charge in [0.25, 0.3) is 0 Å². The third-order valence-corrected chi connectivity index (χ3v) is 4.89. The summed E-state index contributed by atoms with van der Waals surface area (Å²) in [7, 11) is 0. The molecule has 0 bridgehead atoms. The lowest BCUT2D eigenvalue weighted by atomic mass is 9.92. The van der Waals surface area contributed by atoms with Crippen molar-refractivity contribution in [3.05, 3.63) is 59.7 Å². The summed E-state index contributed by atoms with van der Waals surface area (Å²) >= 11 is 0. The lowest BCUT2D eigenvalue weighted by Gasteiger charge is -2.21. The minimum Gasteiger partial charge on any atom is -0.382 e. The first-order chi connectivity index (χ1) is 12.8. The monoisotopic (exact) mass is 349 g/mol. The molecule has 0 spiro atoms. The molecule has 134 valence electrons. The molecule has 0 fully saturated rings. The maximum atomic E-state index is 5.99. The topological polar surface area (TPSA) is 78.9 Å². The standard InChI is InChI=1S/C20H23N5O/c21-19-18-20(23-13-22-19)25(14-24-18)10-16-8-4-5-9-17(16)12-26-11-15-6-2-1-3-7-15/h1-3,6-7,13-14H,4-5,8-12H2,(H2,21,22,23). The highest BCUT2D eigenvalue weighted by Crippen LogP contribution is 2.27. The van der Waals surface area contributed by atoms with Crippen LogP contribution in [0.1, 0.15) is 31.2 Å². The fourth-order valence-electron chi connectivity index (χ4n) is 3.48. The number of allylic oxidation sites excluding steroid dienone is 1. The van der Waals surface area contributed by atoms with Gasteiger partial charge in [-0.3, -0.25) is 0 Å². The Hall–Kier alpha value is -2.73. The van der Waals surface area contributed by atoms with Gasteiger partial charge in [-0.05, 0) is 42.4 Å². The number of benzene rings is 1. The second-order valence-electron chi connectivity index (χ2n) is 6.70. The summed E-state index contributed by atoms with van der Waals surface area (Å²) in [6.07, 6.45) is 7.96. The maximum Gasteiger partial charge on any atom is 0.165 e. The quantitative estimate of drug-likeness (QED) is 0.689. The number of hydrogen-bond donors (Lipinski definition) is 1. The van der Waals surface area contributed by atoms with Crippen molar-refractivity contribution in [3.63, 3.8) is 0 Å². The van der Waals surface area contributed by atoms with E-state index in [0.717, 1.165) is 25.0 Å². The van der Waals surface area contributed by atoms with Crippen molar-refractivity contribution in [2.75, 3.05) is 12.3 Å². The van der Waals surface area contributed by atoms with Crippen LogP contribution >= 0.6 is 0 Å². The van der Waals surface area contributed by atoms with Gasteiger partial charge >= 0.3 is 0 Å². The van der Waals surface area contributed by atoms with E-state index in [2.05, 4.69) is 31.7 Å². The van der Waals surface area contributed by atoms with Gasteiger partial charge in [-0.1, -0.05) is 30.3 Å². The molecule has 3 aromatic rings. The summed E-state index contributed by atoms with van der Waals surface area (Å²) in [6.45, 7) is 2.13. The van der Waals surface area contributed by atoms with Crippen molar-refractivity contribution in [2.45, 2.75) is 38.8 Å². The molecule has 0 unspecified atom stereocenters. The molecule has 4 rings (SSSR count). The number of imidazole rings is 1. The van der Waals surface area contributed by atoms with E-state index in [1.165, 1.54) is 35.9 Å². The van der Waals surface area contributed by atoms with Crippen molar-refractivity contribution in [3.8, 4) is 0 Å². The normalized spacial score (nSPS) is 14.9. The fraction of sp³-hybridized carbons (Fsp3) is 0.350. The van der Waals surface area contributed by atoms with E-state index in [4.69, 9.17) is 10.5 Å². The molecular formula is C20H23N5O. The minimum absolute atomic E-state index is 0.429. The van der Waals surface area contributed by atoms with Crippen molar-refractivity contribution in [2.24, 2.45) is 0 Å². The number of nitrogens with zero attached hydrogens (tertiary/aromatic N) is 4. The number of nitrogen functional groups attached to an aromatic ring is 1. The largest absolute Gasteiger partial charge is 0.382 e. The van der Waals surface area contributed by atoms with Gasteiger partial charge < -0.3 is 15.0 Å². The number of anilines is 1. The Kier molecular flexibility index (Phi) is 4.93. The zero-order valence-corrected chi connectivity index (χ0v) is 14.8. The van der Waals surface area contributed by atoms with Crippen LogP contribution in [0.3, 0.4) is 0 Å². The predicted molar refractivity (Wildman–Crippen MR) is 101 cm³/mol. The van der Waals surface area contributed by atoms with Crippen LogP contribution in [0.15, 0.2) is 54.1 Å². The highest BCUT2D eigenvalue weighted by molar-refractivity contribution is 5.81. The van der Waals surface area contributed by atoms with Crippen LogP contribution in [0.2, 0.25) is 0 Å². The molecule has 2 N–H and O–H groups in total. The smallest absolute Gasteiger partial charge is 0.165 e. The second kappa shape index (κ2) is 7.66. The number of hydrogen-bond acceptors (Lipinski definition) is 5. The molecule has 2 heterocycles. The zero-order chi connectivity index (χ0) is 17.8. The molecule has 0 amide bonds. The first-order valence-corrected chi connectivity index (χ1v) is 9.04. The lowest BCUT2D eigenvalue weighted by Crippen LogP contribution is -2.11. The number of fused-ring (bicyclic) bond motifs is 1.